The number of nitrogens with zero attached hydrogens (tertiary/aromatic N) is 4. The van der Waals surface area contributed by atoms with Crippen molar-refractivity contribution in [1.82, 2.24) is 19.4 Å². The van der Waals surface area contributed by atoms with Gasteiger partial charge in [-0.25, -0.2) is 9.78 Å². The molecule has 1 saturated heterocycles. The van der Waals surface area contributed by atoms with Gasteiger partial charge in [-0.15, -0.1) is 0 Å². The number of likely N-dealkylation sites (N-methyl/N-ethyl adjacent to an activating group) is 1. The van der Waals surface area contributed by atoms with Crippen molar-refractivity contribution < 1.29 is 14.7 Å². The lowest BCUT2D eigenvalue weighted by Gasteiger charge is -2.25. The number of hydrogen-bond acceptors (Lipinski definition) is 4. The third-order valence-electron chi connectivity index (χ3n) is 4.86. The molecule has 27 heavy (non-hydrogen) atoms. The lowest BCUT2D eigenvalue weighted by Crippen LogP contribution is -2.32. The van der Waals surface area contributed by atoms with Gasteiger partial charge >= 0.3 is 12.0 Å². The van der Waals surface area contributed by atoms with E-state index in [2.05, 4.69) is 10.3 Å². The fourth-order valence-corrected chi connectivity index (χ4v) is 3.32. The molecular weight excluding hydrogens is 346 g/mol. The number of aryl methyl sites for hydroxylation is 1. The lowest BCUT2D eigenvalue weighted by atomic mass is 10.1. The molecule has 8 heteroatoms. The smallest absolute Gasteiger partial charge is 0.325 e. The standard InChI is InChI=1S/C19H25N5O3/c1-22-12-9-20-16(22)13-23(2)17(18(25)26)14-5-7-15(8-6-14)21-19(27)24-10-3-4-11-24/h5-9,12,17H,3-4,10-11,13H2,1-2H3,(H,21,27)(H,25,26)/t17-/m1/s1. The molecule has 1 aliphatic heterocycles. The molecule has 0 aliphatic carbocycles. The van der Waals surface area contributed by atoms with Crippen LogP contribution < -0.4 is 5.32 Å². The highest BCUT2D eigenvalue weighted by atomic mass is 16.4. The zero-order chi connectivity index (χ0) is 19.4. The van der Waals surface area contributed by atoms with E-state index in [1.165, 1.54) is 0 Å². The van der Waals surface area contributed by atoms with Crippen LogP contribution in [0.15, 0.2) is 36.7 Å². The number of likely N-dealkylation sites (tertiary alicyclic amines) is 1. The summed E-state index contributed by atoms with van der Waals surface area (Å²) in [5, 5.41) is 12.6. The summed E-state index contributed by atoms with van der Waals surface area (Å²) < 4.78 is 1.87. The predicted molar refractivity (Wildman–Crippen MR) is 101 cm³/mol. The monoisotopic (exact) mass is 371 g/mol. The molecule has 1 fully saturated rings. The maximum absolute atomic E-state index is 12.2. The fourth-order valence-electron chi connectivity index (χ4n) is 3.32. The number of carboxylic acids is 1. The summed E-state index contributed by atoms with van der Waals surface area (Å²) >= 11 is 0. The van der Waals surface area contributed by atoms with Crippen molar-refractivity contribution in [1.29, 1.82) is 0 Å². The third kappa shape index (κ3) is 4.46. The van der Waals surface area contributed by atoms with Crippen LogP contribution in [-0.4, -0.2) is 56.6 Å². The molecule has 3 rings (SSSR count). The van der Waals surface area contributed by atoms with Gasteiger partial charge in [0.2, 0.25) is 0 Å². The number of imidazole rings is 1. The Morgan fingerprint density at radius 1 is 1.26 bits per heavy atom. The van der Waals surface area contributed by atoms with Crippen LogP contribution in [0.3, 0.4) is 0 Å². The molecule has 1 aliphatic rings. The van der Waals surface area contributed by atoms with E-state index in [1.54, 1.807) is 47.3 Å². The van der Waals surface area contributed by atoms with Crippen LogP contribution in [0.4, 0.5) is 10.5 Å². The van der Waals surface area contributed by atoms with Gasteiger partial charge in [-0.05, 0) is 37.6 Å². The molecular formula is C19H25N5O3. The lowest BCUT2D eigenvalue weighted by molar-refractivity contribution is -0.143. The fraction of sp³-hybridized carbons (Fsp3) is 0.421. The van der Waals surface area contributed by atoms with Crippen molar-refractivity contribution in [2.75, 3.05) is 25.5 Å². The first-order valence-electron chi connectivity index (χ1n) is 9.01. The van der Waals surface area contributed by atoms with E-state index in [1.807, 2.05) is 17.8 Å². The molecule has 2 heterocycles. The van der Waals surface area contributed by atoms with E-state index < -0.39 is 12.0 Å². The van der Waals surface area contributed by atoms with Gasteiger partial charge in [0.05, 0.1) is 6.54 Å². The number of rotatable bonds is 6. The number of carbonyl (C=O) groups is 2. The third-order valence-corrected chi connectivity index (χ3v) is 4.86. The van der Waals surface area contributed by atoms with E-state index in [0.29, 0.717) is 17.8 Å². The first-order valence-corrected chi connectivity index (χ1v) is 9.01. The van der Waals surface area contributed by atoms with Crippen LogP contribution in [0.25, 0.3) is 0 Å². The molecule has 0 unspecified atom stereocenters. The minimum atomic E-state index is -0.930. The molecule has 1 aromatic heterocycles. The highest BCUT2D eigenvalue weighted by Gasteiger charge is 2.26. The van der Waals surface area contributed by atoms with Crippen LogP contribution in [0, 0.1) is 0 Å². The molecule has 0 saturated carbocycles. The molecule has 0 spiro atoms. The summed E-state index contributed by atoms with van der Waals surface area (Å²) in [5.74, 6) is -0.140. The van der Waals surface area contributed by atoms with E-state index in [0.717, 1.165) is 31.8 Å². The summed E-state index contributed by atoms with van der Waals surface area (Å²) in [5.41, 5.74) is 1.31. The van der Waals surface area contributed by atoms with E-state index in [-0.39, 0.29) is 6.03 Å². The average Bonchev–Trinajstić information content (AvgIpc) is 3.29. The number of benzene rings is 1. The Kier molecular flexibility index (Phi) is 5.75. The first kappa shape index (κ1) is 18.9. The van der Waals surface area contributed by atoms with Gasteiger partial charge in [-0.3, -0.25) is 9.69 Å². The van der Waals surface area contributed by atoms with Crippen molar-refractivity contribution in [3.05, 3.63) is 48.0 Å². The van der Waals surface area contributed by atoms with E-state index >= 15 is 0 Å². The van der Waals surface area contributed by atoms with E-state index in [9.17, 15) is 14.7 Å². The summed E-state index contributed by atoms with van der Waals surface area (Å²) in [6.07, 6.45) is 5.59. The Balaban J connectivity index is 1.69. The second-order valence-corrected chi connectivity index (χ2v) is 6.86. The van der Waals surface area contributed by atoms with Gasteiger partial charge in [0.1, 0.15) is 11.9 Å². The zero-order valence-corrected chi connectivity index (χ0v) is 15.6. The number of amides is 2. The maximum Gasteiger partial charge on any atom is 0.325 e. The first-order chi connectivity index (χ1) is 13.0. The molecule has 1 aromatic carbocycles. The number of urea groups is 1. The number of hydrogen-bond donors (Lipinski definition) is 2. The SMILES string of the molecule is CN(Cc1nccn1C)[C@@H](C(=O)O)c1ccc(NC(=O)N2CCCC2)cc1. The van der Waals surface area contributed by atoms with Gasteiger partial charge in [0.25, 0.3) is 0 Å². The summed E-state index contributed by atoms with van der Waals surface area (Å²) in [4.78, 5) is 31.8. The Morgan fingerprint density at radius 3 is 2.48 bits per heavy atom. The van der Waals surface area contributed by atoms with Gasteiger partial charge in [-0.2, -0.15) is 0 Å². The maximum atomic E-state index is 12.2. The van der Waals surface area contributed by atoms with Crippen molar-refractivity contribution in [3.8, 4) is 0 Å². The minimum absolute atomic E-state index is 0.109. The van der Waals surface area contributed by atoms with Gasteiger partial charge < -0.3 is 19.9 Å². The molecule has 144 valence electrons. The predicted octanol–water partition coefficient (Wildman–Crippen LogP) is 2.31. The topological polar surface area (TPSA) is 90.7 Å². The number of aromatic nitrogens is 2. The minimum Gasteiger partial charge on any atom is -0.480 e. The normalized spacial score (nSPS) is 15.1. The molecule has 2 N–H and O–H groups in total. The second-order valence-electron chi connectivity index (χ2n) is 6.86. The average molecular weight is 371 g/mol. The molecule has 8 nitrogen and oxygen atoms in total. The van der Waals surface area contributed by atoms with Crippen LogP contribution in [0.1, 0.15) is 30.3 Å². The number of aliphatic carboxylic acids is 1. The number of carboxylic acid groups (broad SMARTS) is 1. The van der Waals surface area contributed by atoms with Crippen molar-refractivity contribution in [2.24, 2.45) is 7.05 Å². The quantitative estimate of drug-likeness (QED) is 0.813. The number of carbonyl (C=O) groups excluding carboxylic acids is 1. The second kappa shape index (κ2) is 8.22. The Morgan fingerprint density at radius 2 is 1.93 bits per heavy atom. The molecule has 0 radical (unpaired) electrons. The van der Waals surface area contributed by atoms with Crippen LogP contribution in [-0.2, 0) is 18.4 Å². The Bertz CT molecular complexity index is 796. The Hall–Kier alpha value is -2.87. The summed E-state index contributed by atoms with van der Waals surface area (Å²) in [6.45, 7) is 1.97. The van der Waals surface area contributed by atoms with Crippen molar-refractivity contribution >= 4 is 17.7 Å². The highest BCUT2D eigenvalue weighted by molar-refractivity contribution is 5.89. The molecule has 2 aromatic rings. The van der Waals surface area contributed by atoms with Crippen molar-refractivity contribution in [2.45, 2.75) is 25.4 Å². The van der Waals surface area contributed by atoms with Crippen LogP contribution in [0.2, 0.25) is 0 Å². The number of nitrogens with one attached hydrogen (secondary N) is 1. The Labute approximate surface area is 158 Å². The summed E-state index contributed by atoms with van der Waals surface area (Å²) in [7, 11) is 3.64. The van der Waals surface area contributed by atoms with Gasteiger partial charge in [-0.1, -0.05) is 12.1 Å². The summed E-state index contributed by atoms with van der Waals surface area (Å²) in [6, 6.07) is 6.06. The van der Waals surface area contributed by atoms with E-state index in [4.69, 9.17) is 0 Å². The van der Waals surface area contributed by atoms with Crippen LogP contribution >= 0.6 is 0 Å². The van der Waals surface area contributed by atoms with Gasteiger partial charge in [0, 0.05) is 38.2 Å². The van der Waals surface area contributed by atoms with Crippen LogP contribution in [0.5, 0.6) is 0 Å². The zero-order valence-electron chi connectivity index (χ0n) is 15.6. The molecule has 1 atom stereocenters. The highest BCUT2D eigenvalue weighted by Crippen LogP contribution is 2.23. The van der Waals surface area contributed by atoms with Crippen molar-refractivity contribution in [3.63, 3.8) is 0 Å². The molecule has 0 bridgehead atoms. The largest absolute Gasteiger partial charge is 0.480 e. The molecule has 2 amide bonds. The van der Waals surface area contributed by atoms with Gasteiger partial charge in [0.15, 0.2) is 0 Å². The number of anilines is 1.